The molecule has 0 unspecified atom stereocenters. The van der Waals surface area contributed by atoms with Crippen molar-refractivity contribution in [3.8, 4) is 5.75 Å². The lowest BCUT2D eigenvalue weighted by Crippen LogP contribution is -2.71. The zero-order chi connectivity index (χ0) is 20.9. The topological polar surface area (TPSA) is 53.6 Å². The van der Waals surface area contributed by atoms with E-state index in [-0.39, 0.29) is 11.9 Å². The number of hydrogen-bond donors (Lipinski definition) is 2. The Morgan fingerprint density at radius 2 is 2.07 bits per heavy atom. The van der Waals surface area contributed by atoms with Gasteiger partial charge in [-0.15, -0.1) is 0 Å². The molecular formula is C22H24BrN3O2S. The number of nitrogens with one attached hydrogen (secondary N) is 2. The number of aryl methyl sites for hydroxylation is 2. The van der Waals surface area contributed by atoms with Gasteiger partial charge in [0.2, 0.25) is 5.91 Å². The average Bonchev–Trinajstić information content (AvgIpc) is 2.64. The Balaban J connectivity index is 1.78. The lowest BCUT2D eigenvalue weighted by atomic mass is 9.79. The molecule has 2 heterocycles. The fraction of sp³-hybridized carbons (Fsp3) is 0.364. The molecular weight excluding hydrogens is 450 g/mol. The maximum atomic E-state index is 13.6. The van der Waals surface area contributed by atoms with E-state index in [9.17, 15) is 4.79 Å². The van der Waals surface area contributed by atoms with E-state index in [0.717, 1.165) is 32.6 Å². The van der Waals surface area contributed by atoms with E-state index in [4.69, 9.17) is 17.0 Å². The summed E-state index contributed by atoms with van der Waals surface area (Å²) < 4.78 is 7.39. The fourth-order valence-corrected chi connectivity index (χ4v) is 5.26. The number of rotatable bonds is 3. The summed E-state index contributed by atoms with van der Waals surface area (Å²) in [6.07, 6.45) is 0. The van der Waals surface area contributed by atoms with Crippen molar-refractivity contribution < 1.29 is 9.53 Å². The van der Waals surface area contributed by atoms with Crippen molar-refractivity contribution in [2.75, 3.05) is 11.9 Å². The smallest absolute Gasteiger partial charge is 0.236 e. The van der Waals surface area contributed by atoms with Crippen LogP contribution in [0.15, 0.2) is 40.9 Å². The number of anilines is 1. The summed E-state index contributed by atoms with van der Waals surface area (Å²) in [5.74, 6) is 0.185. The highest BCUT2D eigenvalue weighted by atomic mass is 79.9. The largest absolute Gasteiger partial charge is 0.467 e. The lowest BCUT2D eigenvalue weighted by molar-refractivity contribution is -0.148. The van der Waals surface area contributed by atoms with E-state index in [2.05, 4.69) is 32.6 Å². The summed E-state index contributed by atoms with van der Waals surface area (Å²) in [4.78, 5) is 15.5. The first-order chi connectivity index (χ1) is 13.7. The van der Waals surface area contributed by atoms with Crippen LogP contribution in [-0.4, -0.2) is 28.2 Å². The average molecular weight is 474 g/mol. The van der Waals surface area contributed by atoms with E-state index >= 15 is 0 Å². The molecule has 7 heteroatoms. The van der Waals surface area contributed by atoms with Crippen LogP contribution in [0.3, 0.4) is 0 Å². The van der Waals surface area contributed by atoms with Gasteiger partial charge in [-0.3, -0.25) is 4.79 Å². The Labute approximate surface area is 184 Å². The molecule has 2 aliphatic heterocycles. The van der Waals surface area contributed by atoms with Crippen molar-refractivity contribution in [3.05, 3.63) is 57.6 Å². The maximum Gasteiger partial charge on any atom is 0.236 e. The number of halogens is 1. The first-order valence-electron chi connectivity index (χ1n) is 9.69. The van der Waals surface area contributed by atoms with Crippen molar-refractivity contribution in [3.63, 3.8) is 0 Å². The van der Waals surface area contributed by atoms with E-state index in [1.54, 1.807) is 0 Å². The van der Waals surface area contributed by atoms with Gasteiger partial charge in [-0.25, -0.2) is 0 Å². The summed E-state index contributed by atoms with van der Waals surface area (Å²) in [5.41, 5.74) is 3.05. The fourth-order valence-electron chi connectivity index (χ4n) is 4.44. The second-order valence-corrected chi connectivity index (χ2v) is 9.10. The molecule has 2 N–H and O–H groups in total. The van der Waals surface area contributed by atoms with Gasteiger partial charge in [0, 0.05) is 22.3 Å². The number of ether oxygens (including phenoxy) is 1. The summed E-state index contributed by atoms with van der Waals surface area (Å²) in [6, 6.07) is 11.6. The number of nitrogens with zero attached hydrogens (tertiary/aromatic N) is 1. The van der Waals surface area contributed by atoms with Crippen molar-refractivity contribution in [2.45, 2.75) is 39.5 Å². The van der Waals surface area contributed by atoms with Gasteiger partial charge < -0.3 is 20.3 Å². The highest BCUT2D eigenvalue weighted by molar-refractivity contribution is 9.10. The summed E-state index contributed by atoms with van der Waals surface area (Å²) in [6.45, 7) is 8.64. The second-order valence-electron chi connectivity index (χ2n) is 7.80. The molecule has 29 heavy (non-hydrogen) atoms. The predicted octanol–water partition coefficient (Wildman–Crippen LogP) is 4.68. The molecule has 0 spiro atoms. The third kappa shape index (κ3) is 3.30. The van der Waals surface area contributed by atoms with Crippen LogP contribution in [0.2, 0.25) is 0 Å². The van der Waals surface area contributed by atoms with Crippen LogP contribution in [0.4, 0.5) is 5.69 Å². The number of fused-ring (bicyclic) bond motifs is 4. The Kier molecular flexibility index (Phi) is 5.07. The minimum Gasteiger partial charge on any atom is -0.467 e. The minimum absolute atomic E-state index is 0.0940. The first-order valence-corrected chi connectivity index (χ1v) is 10.9. The van der Waals surface area contributed by atoms with Gasteiger partial charge in [0.25, 0.3) is 0 Å². The number of carbonyl (C=O) groups is 1. The summed E-state index contributed by atoms with van der Waals surface area (Å²) >= 11 is 9.14. The van der Waals surface area contributed by atoms with Crippen LogP contribution in [0.1, 0.15) is 36.6 Å². The van der Waals surface area contributed by atoms with E-state index in [1.807, 2.05) is 62.9 Å². The van der Waals surface area contributed by atoms with E-state index in [0.29, 0.717) is 11.7 Å². The van der Waals surface area contributed by atoms with Gasteiger partial charge in [0.15, 0.2) is 10.8 Å². The predicted molar refractivity (Wildman–Crippen MR) is 122 cm³/mol. The van der Waals surface area contributed by atoms with E-state index < -0.39 is 11.6 Å². The standard InChI is InChI=1S/C22H24BrN3O2S/c1-5-26-21(29)25-19-15-11-14(23)7-9-17(15)28-22(26,4)18(19)20(27)24-16-8-6-12(2)10-13(16)3/h6-11,18-19H,5H2,1-4H3,(H,24,27)(H,25,29)/t18-,19+,22+/m1/s1. The van der Waals surface area contributed by atoms with Crippen LogP contribution in [-0.2, 0) is 4.79 Å². The van der Waals surface area contributed by atoms with Gasteiger partial charge >= 0.3 is 0 Å². The molecule has 3 atom stereocenters. The molecule has 2 bridgehead atoms. The molecule has 1 amide bonds. The second kappa shape index (κ2) is 7.29. The molecule has 152 valence electrons. The number of benzene rings is 2. The molecule has 5 nitrogen and oxygen atoms in total. The van der Waals surface area contributed by atoms with Crippen LogP contribution in [0.25, 0.3) is 0 Å². The molecule has 2 aliphatic rings. The normalized spacial score (nSPS) is 25.0. The minimum atomic E-state index is -0.884. The molecule has 0 aliphatic carbocycles. The molecule has 0 saturated carbocycles. The van der Waals surface area contributed by atoms with Gasteiger partial charge in [0.05, 0.1) is 6.04 Å². The van der Waals surface area contributed by atoms with Crippen molar-refractivity contribution in [2.24, 2.45) is 5.92 Å². The number of thiocarbonyl (C=S) groups is 1. The highest BCUT2D eigenvalue weighted by Gasteiger charge is 2.58. The van der Waals surface area contributed by atoms with Crippen molar-refractivity contribution in [1.29, 1.82) is 0 Å². The van der Waals surface area contributed by atoms with Gasteiger partial charge in [-0.05, 0) is 69.7 Å². The molecule has 0 aromatic heterocycles. The monoisotopic (exact) mass is 473 g/mol. The first kappa shape index (κ1) is 20.2. The van der Waals surface area contributed by atoms with Gasteiger partial charge in [-0.2, -0.15) is 0 Å². The molecule has 0 radical (unpaired) electrons. The highest BCUT2D eigenvalue weighted by Crippen LogP contribution is 2.49. The molecule has 4 rings (SSSR count). The van der Waals surface area contributed by atoms with Crippen LogP contribution in [0.5, 0.6) is 5.75 Å². The third-order valence-corrected chi connectivity index (χ3v) is 6.66. The zero-order valence-electron chi connectivity index (χ0n) is 16.9. The Morgan fingerprint density at radius 1 is 1.31 bits per heavy atom. The molecule has 2 aromatic rings. The Morgan fingerprint density at radius 3 is 2.76 bits per heavy atom. The van der Waals surface area contributed by atoms with Crippen LogP contribution < -0.4 is 15.4 Å². The van der Waals surface area contributed by atoms with Crippen molar-refractivity contribution in [1.82, 2.24) is 10.2 Å². The number of hydrogen-bond acceptors (Lipinski definition) is 3. The Bertz CT molecular complexity index is 1010. The third-order valence-electron chi connectivity index (χ3n) is 5.83. The number of carbonyl (C=O) groups excluding carboxylic acids is 1. The van der Waals surface area contributed by atoms with Gasteiger partial charge in [-0.1, -0.05) is 33.6 Å². The zero-order valence-corrected chi connectivity index (χ0v) is 19.3. The number of amides is 1. The van der Waals surface area contributed by atoms with E-state index in [1.165, 1.54) is 0 Å². The molecule has 2 aromatic carbocycles. The SMILES string of the molecule is CCN1C(=S)N[C@H]2c3cc(Br)ccc3O[C@@]1(C)[C@H]2C(=O)Nc1ccc(C)cc1C. The lowest BCUT2D eigenvalue weighted by Gasteiger charge is -2.56. The summed E-state index contributed by atoms with van der Waals surface area (Å²) in [5, 5.41) is 7.12. The molecule has 1 saturated heterocycles. The van der Waals surface area contributed by atoms with Crippen molar-refractivity contribution >= 4 is 44.9 Å². The Hall–Kier alpha value is -2.12. The van der Waals surface area contributed by atoms with Gasteiger partial charge in [0.1, 0.15) is 11.7 Å². The maximum absolute atomic E-state index is 13.6. The molecule has 1 fully saturated rings. The van der Waals surface area contributed by atoms with Crippen LogP contribution in [0, 0.1) is 19.8 Å². The summed E-state index contributed by atoms with van der Waals surface area (Å²) in [7, 11) is 0. The van der Waals surface area contributed by atoms with Crippen LogP contribution >= 0.6 is 28.1 Å². The quantitative estimate of drug-likeness (QED) is 0.633.